The van der Waals surface area contributed by atoms with Crippen LogP contribution in [0.4, 0.5) is 0 Å². The lowest BCUT2D eigenvalue weighted by atomic mass is 9.83. The molecule has 3 aromatic heterocycles. The van der Waals surface area contributed by atoms with Gasteiger partial charge in [-0.1, -0.05) is 6.92 Å². The number of fused-ring (bicyclic) bond motifs is 1. The summed E-state index contributed by atoms with van der Waals surface area (Å²) in [5, 5.41) is 17.2. The maximum Gasteiger partial charge on any atom is 0.159 e. The molecule has 2 saturated heterocycles. The number of H-pyrrole nitrogens is 1. The Hall–Kier alpha value is -2.88. The summed E-state index contributed by atoms with van der Waals surface area (Å²) in [4.78, 5) is 15.6. The highest BCUT2D eigenvalue weighted by atomic mass is 32.2. The van der Waals surface area contributed by atoms with Gasteiger partial charge in [0, 0.05) is 44.2 Å². The molecule has 1 unspecified atom stereocenters. The summed E-state index contributed by atoms with van der Waals surface area (Å²) < 4.78 is 24.2. The molecule has 5 rings (SSSR count). The van der Waals surface area contributed by atoms with Gasteiger partial charge in [-0.05, 0) is 12.8 Å². The predicted octanol–water partition coefficient (Wildman–Crippen LogP) is 1.59. The fraction of sp³-hybridized carbons (Fsp3) is 0.550. The number of hydrogen-bond donors (Lipinski definition) is 2. The van der Waals surface area contributed by atoms with E-state index in [1.165, 1.54) is 6.33 Å². The van der Waals surface area contributed by atoms with Crippen LogP contribution in [0.3, 0.4) is 0 Å². The SMILES string of the molecule is CCS(=N)(=O)N1CCC(N2CC(CC#N)(n3cnc(-c4ncnc5[nH]ncc45)c3)C2)CC1. The average molecular weight is 455 g/mol. The van der Waals surface area contributed by atoms with E-state index >= 15 is 0 Å². The zero-order chi connectivity index (χ0) is 22.3. The van der Waals surface area contributed by atoms with Crippen LogP contribution in [-0.2, 0) is 15.5 Å². The van der Waals surface area contributed by atoms with Gasteiger partial charge in [-0.3, -0.25) is 10.00 Å². The van der Waals surface area contributed by atoms with Crippen molar-refractivity contribution in [2.24, 2.45) is 0 Å². The van der Waals surface area contributed by atoms with Gasteiger partial charge < -0.3 is 4.57 Å². The third kappa shape index (κ3) is 3.46. The third-order valence-electron chi connectivity index (χ3n) is 6.77. The van der Waals surface area contributed by atoms with Gasteiger partial charge in [0.1, 0.15) is 27.6 Å². The van der Waals surface area contributed by atoms with Gasteiger partial charge in [0.25, 0.3) is 0 Å². The van der Waals surface area contributed by atoms with Crippen LogP contribution < -0.4 is 0 Å². The molecule has 2 N–H and O–H groups in total. The normalized spacial score (nSPS) is 21.8. The molecule has 0 spiro atoms. The van der Waals surface area contributed by atoms with Gasteiger partial charge in [0.2, 0.25) is 0 Å². The molecule has 12 heteroatoms. The van der Waals surface area contributed by atoms with Crippen molar-refractivity contribution < 1.29 is 4.21 Å². The molecule has 5 heterocycles. The Morgan fingerprint density at radius 1 is 1.31 bits per heavy atom. The van der Waals surface area contributed by atoms with Crippen LogP contribution in [0.25, 0.3) is 22.4 Å². The van der Waals surface area contributed by atoms with E-state index in [1.54, 1.807) is 12.5 Å². The van der Waals surface area contributed by atoms with Crippen LogP contribution in [-0.4, -0.2) is 81.1 Å². The molecule has 0 saturated carbocycles. The van der Waals surface area contributed by atoms with Crippen molar-refractivity contribution in [2.75, 3.05) is 31.9 Å². The van der Waals surface area contributed by atoms with Crippen LogP contribution >= 0.6 is 0 Å². The standard InChI is InChI=1S/C20H26N10OS/c1-2-32(22,31)30-7-3-15(4-8-30)28-11-20(12-28,5-6-21)29-10-17(25-14-29)18-16-9-26-27-19(16)24-13-23-18/h9-10,13-15,22H,2-5,7-8,11-12H2,1H3,(H,23,24,26,27). The molecule has 2 aliphatic rings. The maximum atomic E-state index is 12.3. The second-order valence-corrected chi connectivity index (χ2v) is 10.9. The predicted molar refractivity (Wildman–Crippen MR) is 119 cm³/mol. The molecule has 0 amide bonds. The first-order valence-corrected chi connectivity index (χ1v) is 12.5. The number of imidazole rings is 1. The third-order valence-corrected chi connectivity index (χ3v) is 8.75. The van der Waals surface area contributed by atoms with E-state index < -0.39 is 9.92 Å². The highest BCUT2D eigenvalue weighted by Crippen LogP contribution is 2.37. The Bertz CT molecular complexity index is 1260. The number of nitrogens with zero attached hydrogens (tertiary/aromatic N) is 8. The van der Waals surface area contributed by atoms with Gasteiger partial charge in [-0.2, -0.15) is 10.4 Å². The average Bonchev–Trinajstić information content (AvgIpc) is 3.46. The van der Waals surface area contributed by atoms with Crippen LogP contribution in [0.1, 0.15) is 26.2 Å². The van der Waals surface area contributed by atoms with Crippen LogP contribution in [0.5, 0.6) is 0 Å². The molecule has 3 aromatic rings. The lowest BCUT2D eigenvalue weighted by molar-refractivity contribution is -0.0315. The molecule has 1 atom stereocenters. The van der Waals surface area contributed by atoms with Crippen molar-refractivity contribution in [1.29, 1.82) is 10.0 Å². The number of aromatic nitrogens is 6. The van der Waals surface area contributed by atoms with Crippen molar-refractivity contribution >= 4 is 20.9 Å². The Balaban J connectivity index is 1.31. The highest BCUT2D eigenvalue weighted by molar-refractivity contribution is 7.90. The molecule has 168 valence electrons. The summed E-state index contributed by atoms with van der Waals surface area (Å²) in [7, 11) is -2.63. The van der Waals surface area contributed by atoms with E-state index in [4.69, 9.17) is 4.78 Å². The Morgan fingerprint density at radius 2 is 2.09 bits per heavy atom. The zero-order valence-electron chi connectivity index (χ0n) is 17.9. The first-order valence-electron chi connectivity index (χ1n) is 10.8. The number of rotatable bonds is 6. The quantitative estimate of drug-likeness (QED) is 0.575. The fourth-order valence-electron chi connectivity index (χ4n) is 4.84. The van der Waals surface area contributed by atoms with E-state index in [0.29, 0.717) is 42.6 Å². The molecule has 0 bridgehead atoms. The van der Waals surface area contributed by atoms with E-state index in [0.717, 1.165) is 37.0 Å². The van der Waals surface area contributed by atoms with E-state index in [9.17, 15) is 9.47 Å². The smallest absolute Gasteiger partial charge is 0.159 e. The molecular weight excluding hydrogens is 428 g/mol. The second-order valence-electron chi connectivity index (χ2n) is 8.57. The largest absolute Gasteiger partial charge is 0.327 e. The maximum absolute atomic E-state index is 12.3. The van der Waals surface area contributed by atoms with Gasteiger partial charge in [-0.25, -0.2) is 28.2 Å². The topological polar surface area (TPSA) is 143 Å². The Labute approximate surface area is 186 Å². The molecule has 32 heavy (non-hydrogen) atoms. The zero-order valence-corrected chi connectivity index (χ0v) is 18.8. The van der Waals surface area contributed by atoms with E-state index in [-0.39, 0.29) is 5.54 Å². The monoisotopic (exact) mass is 454 g/mol. The fourth-order valence-corrected chi connectivity index (χ4v) is 6.01. The van der Waals surface area contributed by atoms with Crippen molar-refractivity contribution in [3.63, 3.8) is 0 Å². The number of likely N-dealkylation sites (tertiary alicyclic amines) is 1. The summed E-state index contributed by atoms with van der Waals surface area (Å²) in [5.74, 6) is 0.368. The number of nitrogens with one attached hydrogen (secondary N) is 2. The number of piperidine rings is 1. The molecule has 0 aliphatic carbocycles. The van der Waals surface area contributed by atoms with Crippen LogP contribution in [0.2, 0.25) is 0 Å². The minimum absolute atomic E-state index is 0.313. The van der Waals surface area contributed by atoms with Crippen LogP contribution in [0.15, 0.2) is 25.0 Å². The summed E-state index contributed by atoms with van der Waals surface area (Å²) in [6.07, 6.45) is 9.13. The van der Waals surface area contributed by atoms with Gasteiger partial charge in [0.15, 0.2) is 5.65 Å². The van der Waals surface area contributed by atoms with E-state index in [1.807, 2.05) is 17.4 Å². The second kappa shape index (κ2) is 7.91. The highest BCUT2D eigenvalue weighted by Gasteiger charge is 2.47. The molecule has 0 radical (unpaired) electrons. The van der Waals surface area contributed by atoms with Crippen molar-refractivity contribution in [3.05, 3.63) is 25.0 Å². The number of nitriles is 1. The molecule has 11 nitrogen and oxygen atoms in total. The lowest BCUT2D eigenvalue weighted by Crippen LogP contribution is -2.66. The number of aromatic amines is 1. The lowest BCUT2D eigenvalue weighted by Gasteiger charge is -2.54. The molecular formula is C20H26N10OS. The summed E-state index contributed by atoms with van der Waals surface area (Å²) in [5.41, 5.74) is 1.80. The Morgan fingerprint density at radius 3 is 2.81 bits per heavy atom. The molecule has 2 aliphatic heterocycles. The van der Waals surface area contributed by atoms with Gasteiger partial charge >= 0.3 is 0 Å². The van der Waals surface area contributed by atoms with Gasteiger partial charge in [-0.15, -0.1) is 0 Å². The molecule has 2 fully saturated rings. The summed E-state index contributed by atoms with van der Waals surface area (Å²) in [6.45, 7) is 4.73. The minimum Gasteiger partial charge on any atom is -0.327 e. The first kappa shape index (κ1) is 21.0. The Kier molecular flexibility index (Phi) is 5.19. The molecule has 0 aromatic carbocycles. The first-order chi connectivity index (χ1) is 15.5. The van der Waals surface area contributed by atoms with Crippen molar-refractivity contribution in [2.45, 2.75) is 37.8 Å². The minimum atomic E-state index is -2.63. The summed E-state index contributed by atoms with van der Waals surface area (Å²) >= 11 is 0. The van der Waals surface area contributed by atoms with Crippen molar-refractivity contribution in [3.8, 4) is 17.5 Å². The van der Waals surface area contributed by atoms with E-state index in [2.05, 4.69) is 40.7 Å². The van der Waals surface area contributed by atoms with Gasteiger partial charge in [0.05, 0.1) is 35.9 Å². The van der Waals surface area contributed by atoms with Crippen LogP contribution in [0, 0.1) is 16.1 Å². The van der Waals surface area contributed by atoms with Crippen molar-refractivity contribution in [1.82, 2.24) is 38.9 Å². The number of hydrogen-bond acceptors (Lipinski definition) is 8. The summed E-state index contributed by atoms with van der Waals surface area (Å²) in [6, 6.07) is 2.74.